The maximum absolute atomic E-state index is 12.5. The Labute approximate surface area is 121 Å². The first kappa shape index (κ1) is 15.7. The van der Waals surface area contributed by atoms with E-state index in [-0.39, 0.29) is 17.9 Å². The van der Waals surface area contributed by atoms with E-state index >= 15 is 0 Å². The number of piperidine rings is 1. The van der Waals surface area contributed by atoms with Gasteiger partial charge in [-0.15, -0.1) is 0 Å². The van der Waals surface area contributed by atoms with Crippen molar-refractivity contribution in [1.29, 1.82) is 0 Å². The smallest absolute Gasteiger partial charge is 0.227 e. The molecule has 6 nitrogen and oxygen atoms in total. The predicted molar refractivity (Wildman–Crippen MR) is 77.8 cm³/mol. The van der Waals surface area contributed by atoms with Crippen LogP contribution in [0.4, 0.5) is 0 Å². The summed E-state index contributed by atoms with van der Waals surface area (Å²) < 4.78 is 24.7. The van der Waals surface area contributed by atoms with Crippen LogP contribution in [0.25, 0.3) is 0 Å². The maximum atomic E-state index is 12.5. The summed E-state index contributed by atoms with van der Waals surface area (Å²) >= 11 is 0. The van der Waals surface area contributed by atoms with Crippen LogP contribution in [0.2, 0.25) is 0 Å². The summed E-state index contributed by atoms with van der Waals surface area (Å²) in [7, 11) is -3.14. The van der Waals surface area contributed by atoms with Crippen molar-refractivity contribution in [1.82, 2.24) is 14.9 Å². The molecule has 2 rings (SSSR count). The van der Waals surface area contributed by atoms with Crippen LogP contribution in [-0.4, -0.2) is 57.7 Å². The van der Waals surface area contributed by atoms with Crippen molar-refractivity contribution in [3.8, 4) is 0 Å². The van der Waals surface area contributed by atoms with E-state index in [0.717, 1.165) is 45.3 Å². The molecule has 2 saturated heterocycles. The number of hydrogen-bond donors (Lipinski definition) is 2. The van der Waals surface area contributed by atoms with Gasteiger partial charge < -0.3 is 10.2 Å². The molecule has 2 atom stereocenters. The summed E-state index contributed by atoms with van der Waals surface area (Å²) in [5.74, 6) is 0.359. The van der Waals surface area contributed by atoms with E-state index in [9.17, 15) is 13.2 Å². The number of carbonyl (C=O) groups is 1. The highest BCUT2D eigenvalue weighted by molar-refractivity contribution is 7.88. The molecule has 2 unspecified atom stereocenters. The number of sulfonamides is 1. The zero-order chi connectivity index (χ0) is 14.6. The molecule has 0 aromatic carbocycles. The second-order valence-corrected chi connectivity index (χ2v) is 7.66. The number of amides is 1. The van der Waals surface area contributed by atoms with Crippen molar-refractivity contribution in [3.05, 3.63) is 0 Å². The number of likely N-dealkylation sites (tertiary alicyclic amines) is 1. The monoisotopic (exact) mass is 303 g/mol. The van der Waals surface area contributed by atoms with E-state index in [4.69, 9.17) is 0 Å². The Bertz CT molecular complexity index is 432. The summed E-state index contributed by atoms with van der Waals surface area (Å²) in [4.78, 5) is 14.5. The van der Waals surface area contributed by atoms with Crippen molar-refractivity contribution < 1.29 is 13.2 Å². The summed E-state index contributed by atoms with van der Waals surface area (Å²) in [5.41, 5.74) is 0. The third kappa shape index (κ3) is 4.43. The molecule has 0 aliphatic carbocycles. The summed E-state index contributed by atoms with van der Waals surface area (Å²) in [6.45, 7) is 2.93. The van der Waals surface area contributed by atoms with Gasteiger partial charge >= 0.3 is 0 Å². The van der Waals surface area contributed by atoms with Gasteiger partial charge in [-0.2, -0.15) is 0 Å². The Morgan fingerprint density at radius 3 is 2.80 bits per heavy atom. The molecule has 0 bridgehead atoms. The van der Waals surface area contributed by atoms with Crippen molar-refractivity contribution in [2.24, 2.45) is 5.92 Å². The molecule has 0 aromatic heterocycles. The summed E-state index contributed by atoms with van der Waals surface area (Å²) in [5, 5.41) is 3.23. The van der Waals surface area contributed by atoms with Gasteiger partial charge in [0.05, 0.1) is 12.2 Å². The van der Waals surface area contributed by atoms with Crippen LogP contribution in [0.3, 0.4) is 0 Å². The molecule has 7 heteroatoms. The lowest BCUT2D eigenvalue weighted by molar-refractivity contribution is -0.138. The second-order valence-electron chi connectivity index (χ2n) is 5.83. The molecule has 2 aliphatic rings. The number of carbonyl (C=O) groups excluding carboxylic acids is 1. The molecule has 0 aromatic rings. The lowest BCUT2D eigenvalue weighted by Crippen LogP contribution is -2.48. The molecule has 0 radical (unpaired) electrons. The Morgan fingerprint density at radius 1 is 1.35 bits per heavy atom. The molecular weight excluding hydrogens is 278 g/mol. The van der Waals surface area contributed by atoms with Crippen LogP contribution < -0.4 is 10.0 Å². The number of hydrogen-bond acceptors (Lipinski definition) is 4. The van der Waals surface area contributed by atoms with E-state index in [1.165, 1.54) is 6.26 Å². The lowest BCUT2D eigenvalue weighted by atomic mass is 9.96. The molecule has 0 spiro atoms. The van der Waals surface area contributed by atoms with Crippen LogP contribution in [0.5, 0.6) is 0 Å². The minimum absolute atomic E-state index is 0.110. The first-order valence-electron chi connectivity index (χ1n) is 7.43. The third-order valence-electron chi connectivity index (χ3n) is 4.16. The van der Waals surface area contributed by atoms with Gasteiger partial charge in [0.1, 0.15) is 0 Å². The first-order chi connectivity index (χ1) is 9.47. The normalized spacial score (nSPS) is 27.8. The van der Waals surface area contributed by atoms with Gasteiger partial charge in [-0.3, -0.25) is 4.79 Å². The average molecular weight is 303 g/mol. The van der Waals surface area contributed by atoms with E-state index in [0.29, 0.717) is 13.0 Å². The van der Waals surface area contributed by atoms with E-state index < -0.39 is 10.0 Å². The number of nitrogens with zero attached hydrogens (tertiary/aromatic N) is 1. The topological polar surface area (TPSA) is 78.5 Å². The van der Waals surface area contributed by atoms with Crippen molar-refractivity contribution in [3.63, 3.8) is 0 Å². The molecule has 1 amide bonds. The van der Waals surface area contributed by atoms with Crippen molar-refractivity contribution >= 4 is 15.9 Å². The second kappa shape index (κ2) is 6.87. The van der Waals surface area contributed by atoms with Gasteiger partial charge in [0.2, 0.25) is 15.9 Å². The molecular formula is C13H25N3O3S. The van der Waals surface area contributed by atoms with Gasteiger partial charge in [-0.25, -0.2) is 13.1 Å². The van der Waals surface area contributed by atoms with Crippen LogP contribution in [-0.2, 0) is 14.8 Å². The van der Waals surface area contributed by atoms with Gasteiger partial charge in [0.25, 0.3) is 0 Å². The fourth-order valence-corrected chi connectivity index (χ4v) is 3.59. The Kier molecular flexibility index (Phi) is 5.40. The van der Waals surface area contributed by atoms with Crippen LogP contribution in [0.1, 0.15) is 32.1 Å². The molecule has 2 fully saturated rings. The highest BCUT2D eigenvalue weighted by atomic mass is 32.2. The molecule has 20 heavy (non-hydrogen) atoms. The molecule has 2 aliphatic heterocycles. The van der Waals surface area contributed by atoms with Crippen LogP contribution in [0, 0.1) is 5.92 Å². The molecule has 2 heterocycles. The standard InChI is InChI=1S/C13H25N3O3S/c1-20(18,19)15-8-6-12-4-2-3-9-16(12)13(17)11-5-7-14-10-11/h11-12,14-15H,2-10H2,1H3. The zero-order valence-electron chi connectivity index (χ0n) is 12.1. The summed E-state index contributed by atoms with van der Waals surface area (Å²) in [6.07, 6.45) is 5.96. The van der Waals surface area contributed by atoms with E-state index in [1.54, 1.807) is 0 Å². The molecule has 2 N–H and O–H groups in total. The minimum atomic E-state index is -3.14. The Hall–Kier alpha value is -0.660. The highest BCUT2D eigenvalue weighted by Crippen LogP contribution is 2.23. The van der Waals surface area contributed by atoms with Gasteiger partial charge in [0.15, 0.2) is 0 Å². The quantitative estimate of drug-likeness (QED) is 0.744. The molecule has 0 saturated carbocycles. The van der Waals surface area contributed by atoms with Crippen LogP contribution in [0.15, 0.2) is 0 Å². The third-order valence-corrected chi connectivity index (χ3v) is 4.89. The van der Waals surface area contributed by atoms with Gasteiger partial charge in [0, 0.05) is 25.7 Å². The van der Waals surface area contributed by atoms with Gasteiger partial charge in [-0.05, 0) is 38.6 Å². The minimum Gasteiger partial charge on any atom is -0.339 e. The number of nitrogens with one attached hydrogen (secondary N) is 2. The largest absolute Gasteiger partial charge is 0.339 e. The van der Waals surface area contributed by atoms with E-state index in [2.05, 4.69) is 10.0 Å². The highest BCUT2D eigenvalue weighted by Gasteiger charge is 2.32. The van der Waals surface area contributed by atoms with Crippen molar-refractivity contribution in [2.75, 3.05) is 32.4 Å². The average Bonchev–Trinajstić information content (AvgIpc) is 2.91. The van der Waals surface area contributed by atoms with E-state index in [1.807, 2.05) is 4.90 Å². The van der Waals surface area contributed by atoms with Crippen molar-refractivity contribution in [2.45, 2.75) is 38.1 Å². The number of rotatable bonds is 5. The summed E-state index contributed by atoms with van der Waals surface area (Å²) in [6, 6.07) is 0.186. The predicted octanol–water partition coefficient (Wildman–Crippen LogP) is -0.0837. The lowest BCUT2D eigenvalue weighted by Gasteiger charge is -2.37. The first-order valence-corrected chi connectivity index (χ1v) is 9.32. The fraction of sp³-hybridized carbons (Fsp3) is 0.923. The maximum Gasteiger partial charge on any atom is 0.227 e. The fourth-order valence-electron chi connectivity index (χ4n) is 3.10. The SMILES string of the molecule is CS(=O)(=O)NCCC1CCCCN1C(=O)C1CCNC1. The zero-order valence-corrected chi connectivity index (χ0v) is 12.9. The van der Waals surface area contributed by atoms with Crippen LogP contribution >= 0.6 is 0 Å². The van der Waals surface area contributed by atoms with Gasteiger partial charge in [-0.1, -0.05) is 0 Å². The Balaban J connectivity index is 1.89. The Morgan fingerprint density at radius 2 is 2.15 bits per heavy atom. The molecule has 116 valence electrons.